The van der Waals surface area contributed by atoms with Crippen LogP contribution in [0.3, 0.4) is 0 Å². The van der Waals surface area contributed by atoms with Crippen LogP contribution in [0.4, 0.5) is 0 Å². The summed E-state index contributed by atoms with van der Waals surface area (Å²) in [7, 11) is 3.87. The van der Waals surface area contributed by atoms with Gasteiger partial charge in [-0.25, -0.2) is 5.06 Å². The van der Waals surface area contributed by atoms with Crippen molar-refractivity contribution in [3.05, 3.63) is 0 Å². The molecule has 0 aromatic rings. The lowest BCUT2D eigenvalue weighted by molar-refractivity contribution is -0.251. The average Bonchev–Trinajstić information content (AvgIpc) is 3.01. The summed E-state index contributed by atoms with van der Waals surface area (Å²) in [5.74, 6) is 0. The summed E-state index contributed by atoms with van der Waals surface area (Å²) in [6.45, 7) is 2.72. The van der Waals surface area contributed by atoms with Crippen LogP contribution in [0.2, 0.25) is 0 Å². The molecule has 1 saturated carbocycles. The molecular formula is C26H60N6O12. The maximum atomic E-state index is 10.3. The van der Waals surface area contributed by atoms with Crippen molar-refractivity contribution < 1.29 is 60.0 Å². The van der Waals surface area contributed by atoms with Gasteiger partial charge in [-0.1, -0.05) is 0 Å². The fourth-order valence-electron chi connectivity index (χ4n) is 4.50. The van der Waals surface area contributed by atoms with Crippen LogP contribution in [-0.4, -0.2) is 174 Å². The van der Waals surface area contributed by atoms with E-state index < -0.39 is 43.1 Å². The molecule has 2 aliphatic heterocycles. The number of hydrogen-bond donors (Lipinski definition) is 13. The third kappa shape index (κ3) is 20.1. The van der Waals surface area contributed by atoms with Crippen molar-refractivity contribution in [3.63, 3.8) is 0 Å². The molecule has 0 bridgehead atoms. The molecule has 1 aliphatic carbocycles. The molecule has 3 fully saturated rings. The first-order valence-corrected chi connectivity index (χ1v) is 14.7. The molecule has 3 aliphatic rings. The van der Waals surface area contributed by atoms with Gasteiger partial charge >= 0.3 is 0 Å². The second kappa shape index (κ2) is 28.1. The van der Waals surface area contributed by atoms with E-state index in [-0.39, 0.29) is 44.3 Å². The zero-order valence-electron chi connectivity index (χ0n) is 26.2. The van der Waals surface area contributed by atoms with Gasteiger partial charge in [0.1, 0.15) is 12.2 Å². The molecule has 0 spiro atoms. The number of aliphatic hydroxyl groups is 7. The summed E-state index contributed by atoms with van der Waals surface area (Å²) >= 11 is 0. The van der Waals surface area contributed by atoms with E-state index in [2.05, 4.69) is 15.4 Å². The Morgan fingerprint density at radius 1 is 0.932 bits per heavy atom. The van der Waals surface area contributed by atoms with Gasteiger partial charge in [0.05, 0.1) is 37.6 Å². The number of nitrogens with two attached hydrogens (primary N) is 3. The molecule has 10 atom stereocenters. The predicted octanol–water partition coefficient (Wildman–Crippen LogP) is -5.30. The number of rotatable bonds is 11. The number of aliphatic hydroxyl groups excluding tert-OH is 7. The Labute approximate surface area is 260 Å². The molecule has 2 saturated heterocycles. The van der Waals surface area contributed by atoms with Crippen LogP contribution in [-0.2, 0) is 19.0 Å². The van der Waals surface area contributed by atoms with E-state index in [0.717, 1.165) is 33.6 Å². The minimum Gasteiger partial charge on any atom is -0.400 e. The second-order valence-electron chi connectivity index (χ2n) is 10.2. The van der Waals surface area contributed by atoms with E-state index in [1.54, 1.807) is 0 Å². The van der Waals surface area contributed by atoms with Gasteiger partial charge in [0, 0.05) is 58.7 Å². The number of amides is 1. The predicted molar refractivity (Wildman–Crippen MR) is 160 cm³/mol. The second-order valence-corrected chi connectivity index (χ2v) is 10.2. The van der Waals surface area contributed by atoms with Crippen LogP contribution in [0, 0.1) is 0 Å². The first kappa shape index (κ1) is 45.0. The normalized spacial score (nSPS) is 33.0. The summed E-state index contributed by atoms with van der Waals surface area (Å²) in [5, 5.41) is 75.9. The van der Waals surface area contributed by atoms with Crippen molar-refractivity contribution in [2.75, 3.05) is 60.6 Å². The smallest absolute Gasteiger partial charge is 0.233 e. The summed E-state index contributed by atoms with van der Waals surface area (Å²) in [6, 6.07) is -0.0535. The summed E-state index contributed by atoms with van der Waals surface area (Å²) in [4.78, 5) is 9.52. The first-order valence-electron chi connectivity index (χ1n) is 14.7. The van der Waals surface area contributed by atoms with Crippen LogP contribution >= 0.6 is 0 Å². The molecule has 18 heteroatoms. The highest BCUT2D eigenvalue weighted by Crippen LogP contribution is 2.27. The topological polar surface area (TPSA) is 312 Å². The van der Waals surface area contributed by atoms with Gasteiger partial charge in [-0.3, -0.25) is 10.0 Å². The molecule has 18 nitrogen and oxygen atoms in total. The summed E-state index contributed by atoms with van der Waals surface area (Å²) < 4.78 is 16.4. The van der Waals surface area contributed by atoms with Crippen LogP contribution in [0.1, 0.15) is 38.5 Å². The number of carbonyl (C=O) groups excluding carboxylic acids is 1. The van der Waals surface area contributed by atoms with Crippen molar-refractivity contribution in [3.8, 4) is 0 Å². The Morgan fingerprint density at radius 3 is 2.07 bits per heavy atom. The highest BCUT2D eigenvalue weighted by atomic mass is 16.7. The molecule has 8 unspecified atom stereocenters. The Balaban J connectivity index is 0. The monoisotopic (exact) mass is 648 g/mol. The maximum Gasteiger partial charge on any atom is 0.233 e. The quantitative estimate of drug-likeness (QED) is 0.0430. The van der Waals surface area contributed by atoms with Gasteiger partial charge in [0.25, 0.3) is 0 Å². The number of carbonyl (C=O) groups is 1. The zero-order chi connectivity index (χ0) is 34.1. The SMILES string of the molecule is CNC1CC(N)[C@@H](O[C@@H]2CC(O)CC(CNCCCN)O2)C(O)C1.CO.CO.NCCN(O)C=O.OC1COC(O)C(O)C1. The number of ether oxygens (including phenoxy) is 3. The van der Waals surface area contributed by atoms with Gasteiger partial charge in [-0.05, 0) is 39.4 Å². The van der Waals surface area contributed by atoms with Crippen molar-refractivity contribution in [1.82, 2.24) is 15.7 Å². The third-order valence-corrected chi connectivity index (χ3v) is 6.66. The van der Waals surface area contributed by atoms with Gasteiger partial charge in [-0.15, -0.1) is 0 Å². The molecule has 1 amide bonds. The molecule has 0 aromatic heterocycles. The Bertz CT molecular complexity index is 653. The maximum absolute atomic E-state index is 10.3. The van der Waals surface area contributed by atoms with Crippen LogP contribution in [0.25, 0.3) is 0 Å². The molecule has 0 radical (unpaired) electrons. The Kier molecular flexibility index (Phi) is 28.7. The van der Waals surface area contributed by atoms with Crippen LogP contribution < -0.4 is 27.8 Å². The van der Waals surface area contributed by atoms with Crippen molar-refractivity contribution in [1.29, 1.82) is 0 Å². The van der Waals surface area contributed by atoms with E-state index in [9.17, 15) is 15.0 Å². The largest absolute Gasteiger partial charge is 0.400 e. The minimum absolute atomic E-state index is 0.109. The Hall–Kier alpha value is -1.17. The number of nitrogens with zero attached hydrogens (tertiary/aromatic N) is 1. The van der Waals surface area contributed by atoms with Crippen molar-refractivity contribution in [2.24, 2.45) is 17.2 Å². The third-order valence-electron chi connectivity index (χ3n) is 6.66. The Morgan fingerprint density at radius 2 is 1.59 bits per heavy atom. The number of nitrogens with one attached hydrogen (secondary N) is 2. The van der Waals surface area contributed by atoms with E-state index in [1.165, 1.54) is 0 Å². The van der Waals surface area contributed by atoms with Gasteiger partial charge in [0.15, 0.2) is 12.6 Å². The highest BCUT2D eigenvalue weighted by molar-refractivity contribution is 5.44. The fourth-order valence-corrected chi connectivity index (χ4v) is 4.50. The van der Waals surface area contributed by atoms with E-state index in [0.29, 0.717) is 43.8 Å². The molecular weight excluding hydrogens is 588 g/mol. The molecule has 44 heavy (non-hydrogen) atoms. The summed E-state index contributed by atoms with van der Waals surface area (Å²) in [6.07, 6.45) is -1.14. The first-order chi connectivity index (χ1) is 21.0. The molecule has 16 N–H and O–H groups in total. The van der Waals surface area contributed by atoms with Gasteiger partial charge in [-0.2, -0.15) is 0 Å². The minimum atomic E-state index is -1.12. The average molecular weight is 649 g/mol. The summed E-state index contributed by atoms with van der Waals surface area (Å²) in [5.41, 5.74) is 16.6. The fraction of sp³-hybridized carbons (Fsp3) is 0.962. The van der Waals surface area contributed by atoms with Crippen LogP contribution in [0.15, 0.2) is 0 Å². The van der Waals surface area contributed by atoms with Crippen molar-refractivity contribution >= 4 is 6.41 Å². The van der Waals surface area contributed by atoms with E-state index in [4.69, 9.17) is 57.4 Å². The van der Waals surface area contributed by atoms with Crippen LogP contribution in [0.5, 0.6) is 0 Å². The van der Waals surface area contributed by atoms with E-state index >= 15 is 0 Å². The lowest BCUT2D eigenvalue weighted by Gasteiger charge is -2.41. The number of hydroxylamine groups is 2. The van der Waals surface area contributed by atoms with E-state index in [1.807, 2.05) is 7.05 Å². The number of hydrogen-bond acceptors (Lipinski definition) is 17. The molecule has 266 valence electrons. The zero-order valence-corrected chi connectivity index (χ0v) is 26.2. The van der Waals surface area contributed by atoms with Gasteiger partial charge < -0.3 is 77.8 Å². The highest BCUT2D eigenvalue weighted by Gasteiger charge is 2.39. The van der Waals surface area contributed by atoms with Crippen molar-refractivity contribution in [2.45, 2.75) is 99.8 Å². The lowest BCUT2D eigenvalue weighted by Crippen LogP contribution is -2.56. The van der Waals surface area contributed by atoms with Gasteiger partial charge in [0.2, 0.25) is 6.41 Å². The lowest BCUT2D eigenvalue weighted by atomic mass is 9.86. The molecule has 0 aromatic carbocycles. The molecule has 3 rings (SSSR count). The molecule has 2 heterocycles. The standard InChI is InChI=1S/C16H34N4O4.C5H10O4.C3H8N2O2.2CH4O/c1-19-10-5-13(18)16(14(22)6-10)24-15-8-11(21)7-12(23-15)9-20-4-2-3-17;6-3-1-4(7)5(8)9-2-3;4-1-2-5(7)3-6;2*1-2/h10-16,19-22H,2-9,17-18H2,1H3;3-8H,1-2H2;3,7H,1-2,4H2;2*2H,1H3/t10?,11?,12?,13?,14?,15-,16-;;;;/m1..../s1.